The highest BCUT2D eigenvalue weighted by Crippen LogP contribution is 2.28. The Morgan fingerprint density at radius 1 is 1.00 bits per heavy atom. The number of amides is 2. The molecule has 6 nitrogen and oxygen atoms in total. The molecule has 2 aliphatic heterocycles. The van der Waals surface area contributed by atoms with Gasteiger partial charge in [-0.05, 0) is 50.3 Å². The molecule has 2 saturated heterocycles. The number of nitrogens with zero attached hydrogens (tertiary/aromatic N) is 2. The third-order valence-corrected chi connectivity index (χ3v) is 6.95. The van der Waals surface area contributed by atoms with Gasteiger partial charge in [0.2, 0.25) is 5.91 Å². The van der Waals surface area contributed by atoms with Crippen molar-refractivity contribution < 1.29 is 14.3 Å². The van der Waals surface area contributed by atoms with Crippen LogP contribution in [0.15, 0.2) is 54.6 Å². The van der Waals surface area contributed by atoms with Crippen LogP contribution < -0.4 is 10.1 Å². The van der Waals surface area contributed by atoms with E-state index in [1.54, 1.807) is 0 Å². The van der Waals surface area contributed by atoms with Crippen molar-refractivity contribution in [3.8, 4) is 5.75 Å². The smallest absolute Gasteiger partial charge is 0.260 e. The van der Waals surface area contributed by atoms with Gasteiger partial charge in [-0.1, -0.05) is 55.5 Å². The van der Waals surface area contributed by atoms with Gasteiger partial charge < -0.3 is 15.0 Å². The van der Waals surface area contributed by atoms with Gasteiger partial charge in [0.05, 0.1) is 12.0 Å². The Morgan fingerprint density at radius 3 is 2.50 bits per heavy atom. The minimum Gasteiger partial charge on any atom is -0.483 e. The largest absolute Gasteiger partial charge is 0.483 e. The van der Waals surface area contributed by atoms with E-state index in [1.165, 1.54) is 5.56 Å². The van der Waals surface area contributed by atoms with E-state index >= 15 is 0 Å². The molecule has 0 bridgehead atoms. The van der Waals surface area contributed by atoms with Crippen LogP contribution in [0.2, 0.25) is 0 Å². The minimum atomic E-state index is -0.143. The van der Waals surface area contributed by atoms with E-state index in [4.69, 9.17) is 4.74 Å². The molecular weight excluding hydrogens is 426 g/mol. The molecule has 2 atom stereocenters. The second-order valence-corrected chi connectivity index (χ2v) is 9.44. The molecule has 2 heterocycles. The number of hydrogen-bond acceptors (Lipinski definition) is 4. The van der Waals surface area contributed by atoms with Crippen LogP contribution in [-0.2, 0) is 16.1 Å². The van der Waals surface area contributed by atoms with Crippen molar-refractivity contribution in [3.63, 3.8) is 0 Å². The fourth-order valence-corrected chi connectivity index (χ4v) is 5.04. The van der Waals surface area contributed by atoms with E-state index in [9.17, 15) is 9.59 Å². The highest BCUT2D eigenvalue weighted by atomic mass is 16.5. The number of carbonyl (C=O) groups is 2. The van der Waals surface area contributed by atoms with Crippen molar-refractivity contribution in [1.29, 1.82) is 0 Å². The van der Waals surface area contributed by atoms with Crippen LogP contribution in [0.5, 0.6) is 5.75 Å². The van der Waals surface area contributed by atoms with E-state index < -0.39 is 0 Å². The average molecular weight is 464 g/mol. The molecule has 34 heavy (non-hydrogen) atoms. The molecule has 2 fully saturated rings. The number of benzene rings is 2. The summed E-state index contributed by atoms with van der Waals surface area (Å²) < 4.78 is 5.95. The first kappa shape index (κ1) is 24.3. The van der Waals surface area contributed by atoms with E-state index in [2.05, 4.69) is 41.4 Å². The highest BCUT2D eigenvalue weighted by molar-refractivity contribution is 5.80. The molecule has 0 aliphatic carbocycles. The predicted molar refractivity (Wildman–Crippen MR) is 133 cm³/mol. The summed E-state index contributed by atoms with van der Waals surface area (Å²) in [6.45, 7) is 6.43. The lowest BCUT2D eigenvalue weighted by Gasteiger charge is -2.33. The normalized spacial score (nSPS) is 19.6. The first-order chi connectivity index (χ1) is 16.6. The molecule has 0 saturated carbocycles. The van der Waals surface area contributed by atoms with Gasteiger partial charge in [-0.15, -0.1) is 0 Å². The van der Waals surface area contributed by atoms with E-state index in [1.807, 2.05) is 35.2 Å². The lowest BCUT2D eigenvalue weighted by Crippen LogP contribution is -2.43. The van der Waals surface area contributed by atoms with E-state index in [-0.39, 0.29) is 30.4 Å². The van der Waals surface area contributed by atoms with Crippen LogP contribution in [0, 0.1) is 5.92 Å². The Labute approximate surface area is 203 Å². The molecule has 2 amide bonds. The van der Waals surface area contributed by atoms with Gasteiger partial charge in [-0.3, -0.25) is 14.5 Å². The first-order valence-corrected chi connectivity index (χ1v) is 12.7. The lowest BCUT2D eigenvalue weighted by atomic mass is 9.95. The van der Waals surface area contributed by atoms with Crippen molar-refractivity contribution in [3.05, 3.63) is 65.7 Å². The quantitative estimate of drug-likeness (QED) is 0.606. The topological polar surface area (TPSA) is 61.9 Å². The molecule has 0 radical (unpaired) electrons. The van der Waals surface area contributed by atoms with Gasteiger partial charge in [0.25, 0.3) is 5.91 Å². The Balaban J connectivity index is 1.36. The molecule has 0 spiro atoms. The molecule has 4 rings (SSSR count). The fraction of sp³-hybridized carbons (Fsp3) is 0.500. The SMILES string of the molecule is CCC(NC(=O)C1CCCN(Cc2ccccc2)C1)c1ccccc1OCC(=O)N1CCCC1. The molecule has 2 aromatic carbocycles. The molecule has 182 valence electrons. The number of likely N-dealkylation sites (tertiary alicyclic amines) is 2. The summed E-state index contributed by atoms with van der Waals surface area (Å²) in [4.78, 5) is 29.9. The maximum absolute atomic E-state index is 13.3. The summed E-state index contributed by atoms with van der Waals surface area (Å²) in [5.41, 5.74) is 2.22. The number of para-hydroxylation sites is 1. The molecule has 6 heteroatoms. The van der Waals surface area contributed by atoms with Crippen molar-refractivity contribution in [1.82, 2.24) is 15.1 Å². The summed E-state index contributed by atoms with van der Waals surface area (Å²) >= 11 is 0. The fourth-order valence-electron chi connectivity index (χ4n) is 5.04. The van der Waals surface area contributed by atoms with Gasteiger partial charge in [0, 0.05) is 31.7 Å². The summed E-state index contributed by atoms with van der Waals surface area (Å²) in [5, 5.41) is 3.28. The zero-order chi connectivity index (χ0) is 23.8. The lowest BCUT2D eigenvalue weighted by molar-refractivity contribution is -0.132. The molecule has 2 aromatic rings. The Bertz CT molecular complexity index is 943. The Hall–Kier alpha value is -2.86. The van der Waals surface area contributed by atoms with Crippen LogP contribution in [0.3, 0.4) is 0 Å². The monoisotopic (exact) mass is 463 g/mol. The van der Waals surface area contributed by atoms with E-state index in [0.717, 1.165) is 70.4 Å². The number of rotatable bonds is 9. The van der Waals surface area contributed by atoms with Gasteiger partial charge in [-0.2, -0.15) is 0 Å². The highest BCUT2D eigenvalue weighted by Gasteiger charge is 2.28. The van der Waals surface area contributed by atoms with Crippen LogP contribution in [0.25, 0.3) is 0 Å². The molecule has 0 aromatic heterocycles. The maximum Gasteiger partial charge on any atom is 0.260 e. The number of nitrogens with one attached hydrogen (secondary N) is 1. The van der Waals surface area contributed by atoms with Crippen molar-refractivity contribution in [2.45, 2.75) is 51.6 Å². The third-order valence-electron chi connectivity index (χ3n) is 6.95. The van der Waals surface area contributed by atoms with Crippen LogP contribution in [-0.4, -0.2) is 54.4 Å². The Morgan fingerprint density at radius 2 is 1.74 bits per heavy atom. The number of hydrogen-bond donors (Lipinski definition) is 1. The molecular formula is C28H37N3O3. The van der Waals surface area contributed by atoms with Crippen LogP contribution >= 0.6 is 0 Å². The summed E-state index contributed by atoms with van der Waals surface area (Å²) in [5.74, 6) is 0.797. The average Bonchev–Trinajstić information content (AvgIpc) is 3.42. The van der Waals surface area contributed by atoms with Gasteiger partial charge in [-0.25, -0.2) is 0 Å². The first-order valence-electron chi connectivity index (χ1n) is 12.7. The van der Waals surface area contributed by atoms with Crippen molar-refractivity contribution in [2.75, 3.05) is 32.8 Å². The standard InChI is InChI=1S/C28H37N3O3/c1-2-25(24-14-6-7-15-26(24)34-21-27(32)31-17-8-9-18-31)29-28(33)23-13-10-16-30(20-23)19-22-11-4-3-5-12-22/h3-7,11-12,14-15,23,25H,2,8-10,13,16-21H2,1H3,(H,29,33). The Kier molecular flexibility index (Phi) is 8.58. The predicted octanol–water partition coefficient (Wildman–Crippen LogP) is 4.17. The van der Waals surface area contributed by atoms with Gasteiger partial charge in [0.15, 0.2) is 6.61 Å². The van der Waals surface area contributed by atoms with Crippen LogP contribution in [0.4, 0.5) is 0 Å². The van der Waals surface area contributed by atoms with Gasteiger partial charge >= 0.3 is 0 Å². The number of ether oxygens (including phenoxy) is 1. The molecule has 1 N–H and O–H groups in total. The summed E-state index contributed by atoms with van der Waals surface area (Å²) in [6, 6.07) is 18.1. The van der Waals surface area contributed by atoms with Crippen LogP contribution in [0.1, 0.15) is 56.2 Å². The minimum absolute atomic E-state index is 0.0173. The second kappa shape index (κ2) is 12.0. The van der Waals surface area contributed by atoms with E-state index in [0.29, 0.717) is 5.75 Å². The molecule has 2 unspecified atom stereocenters. The zero-order valence-corrected chi connectivity index (χ0v) is 20.2. The maximum atomic E-state index is 13.3. The summed E-state index contributed by atoms with van der Waals surface area (Å²) in [6.07, 6.45) is 4.83. The van der Waals surface area contributed by atoms with Gasteiger partial charge in [0.1, 0.15) is 5.75 Å². The molecule has 2 aliphatic rings. The summed E-state index contributed by atoms with van der Waals surface area (Å²) in [7, 11) is 0. The number of carbonyl (C=O) groups excluding carboxylic acids is 2. The van der Waals surface area contributed by atoms with Crippen molar-refractivity contribution >= 4 is 11.8 Å². The number of piperidine rings is 1. The zero-order valence-electron chi connectivity index (χ0n) is 20.2. The van der Waals surface area contributed by atoms with Crippen molar-refractivity contribution in [2.24, 2.45) is 5.92 Å². The second-order valence-electron chi connectivity index (χ2n) is 9.44. The third kappa shape index (κ3) is 6.38.